The Labute approximate surface area is 131 Å². The van der Waals surface area contributed by atoms with Crippen LogP contribution in [0, 0.1) is 0 Å². The standard InChI is InChI=1S/C11H13N3O.C4H4O4/c12-4-3-8-6-14-10-2-1-7(11(13)15)5-9(8)10;5-3(6)1-2-4(7)8/h1-2,5-6,14H,3-4,12H2,(H2,13,15);1-2H,(H,5,6)(H,7,8). The molecule has 0 saturated carbocycles. The number of carboxylic acid groups (broad SMARTS) is 2. The molecule has 2 aromatic rings. The van der Waals surface area contributed by atoms with Gasteiger partial charge in [0, 0.05) is 34.8 Å². The second kappa shape index (κ2) is 8.35. The normalized spacial score (nSPS) is 10.3. The topological polar surface area (TPSA) is 160 Å². The van der Waals surface area contributed by atoms with Crippen molar-refractivity contribution in [3.05, 3.63) is 47.7 Å². The van der Waals surface area contributed by atoms with Crippen LogP contribution < -0.4 is 11.5 Å². The molecule has 0 unspecified atom stereocenters. The maximum atomic E-state index is 11.0. The lowest BCUT2D eigenvalue weighted by Gasteiger charge is -1.98. The van der Waals surface area contributed by atoms with E-state index in [-0.39, 0.29) is 0 Å². The molecule has 1 aromatic heterocycles. The number of H-pyrrole nitrogens is 1. The molecule has 23 heavy (non-hydrogen) atoms. The second-order valence-electron chi connectivity index (χ2n) is 4.49. The average molecular weight is 319 g/mol. The third kappa shape index (κ3) is 5.64. The third-order valence-corrected chi connectivity index (χ3v) is 2.83. The molecule has 2 rings (SSSR count). The maximum absolute atomic E-state index is 11.0. The second-order valence-corrected chi connectivity index (χ2v) is 4.49. The first-order valence-corrected chi connectivity index (χ1v) is 6.59. The first kappa shape index (κ1) is 17.9. The summed E-state index contributed by atoms with van der Waals surface area (Å²) in [4.78, 5) is 33.3. The molecule has 0 aliphatic carbocycles. The Kier molecular flexibility index (Phi) is 6.50. The number of aromatic nitrogens is 1. The van der Waals surface area contributed by atoms with Crippen LogP contribution in [-0.4, -0.2) is 39.6 Å². The molecule has 0 spiro atoms. The molecule has 1 aromatic carbocycles. The van der Waals surface area contributed by atoms with E-state index in [2.05, 4.69) is 4.98 Å². The zero-order valence-corrected chi connectivity index (χ0v) is 12.2. The predicted octanol–water partition coefficient (Wildman–Crippen LogP) is 0.480. The van der Waals surface area contributed by atoms with Gasteiger partial charge < -0.3 is 26.7 Å². The van der Waals surface area contributed by atoms with Gasteiger partial charge in [-0.1, -0.05) is 0 Å². The van der Waals surface area contributed by atoms with Crippen LogP contribution in [0.25, 0.3) is 10.9 Å². The molecule has 1 amide bonds. The first-order chi connectivity index (χ1) is 10.8. The molecule has 0 saturated heterocycles. The Hall–Kier alpha value is -3.13. The van der Waals surface area contributed by atoms with Crippen LogP contribution in [0.5, 0.6) is 0 Å². The smallest absolute Gasteiger partial charge is 0.328 e. The molecule has 0 bridgehead atoms. The number of aromatic amines is 1. The van der Waals surface area contributed by atoms with Gasteiger partial charge in [-0.3, -0.25) is 4.79 Å². The lowest BCUT2D eigenvalue weighted by atomic mass is 10.1. The Morgan fingerprint density at radius 2 is 1.74 bits per heavy atom. The number of carboxylic acids is 2. The molecule has 0 aliphatic heterocycles. The number of hydrogen-bond donors (Lipinski definition) is 5. The number of carbonyl (C=O) groups is 3. The number of nitrogens with one attached hydrogen (secondary N) is 1. The van der Waals surface area contributed by atoms with Gasteiger partial charge in [-0.15, -0.1) is 0 Å². The quantitative estimate of drug-likeness (QED) is 0.504. The average Bonchev–Trinajstić information content (AvgIpc) is 2.88. The zero-order chi connectivity index (χ0) is 17.4. The highest BCUT2D eigenvalue weighted by molar-refractivity contribution is 5.97. The number of hydrogen-bond acceptors (Lipinski definition) is 4. The molecule has 0 radical (unpaired) electrons. The molecule has 8 heteroatoms. The molecule has 8 nitrogen and oxygen atoms in total. The van der Waals surface area contributed by atoms with Crippen LogP contribution in [0.1, 0.15) is 15.9 Å². The SMILES string of the molecule is NCCc1c[nH]c2ccc(C(N)=O)cc12.O=C(O)C=CC(=O)O. The van der Waals surface area contributed by atoms with E-state index in [1.807, 2.05) is 12.3 Å². The van der Waals surface area contributed by atoms with Gasteiger partial charge >= 0.3 is 11.9 Å². The Morgan fingerprint density at radius 3 is 2.22 bits per heavy atom. The Morgan fingerprint density at radius 1 is 1.13 bits per heavy atom. The molecule has 0 fully saturated rings. The lowest BCUT2D eigenvalue weighted by molar-refractivity contribution is -0.134. The van der Waals surface area contributed by atoms with E-state index < -0.39 is 17.8 Å². The minimum absolute atomic E-state index is 0.406. The summed E-state index contributed by atoms with van der Waals surface area (Å²) in [6.07, 6.45) is 3.83. The summed E-state index contributed by atoms with van der Waals surface area (Å²) in [7, 11) is 0. The summed E-state index contributed by atoms with van der Waals surface area (Å²) in [5.74, 6) is -2.92. The van der Waals surface area contributed by atoms with Gasteiger partial charge in [0.25, 0.3) is 0 Å². The van der Waals surface area contributed by atoms with Crippen molar-refractivity contribution in [1.82, 2.24) is 4.98 Å². The van der Waals surface area contributed by atoms with Gasteiger partial charge in [-0.2, -0.15) is 0 Å². The summed E-state index contributed by atoms with van der Waals surface area (Å²) in [5, 5.41) is 16.6. The third-order valence-electron chi connectivity index (χ3n) is 2.83. The number of nitrogens with two attached hydrogens (primary N) is 2. The molecular weight excluding hydrogens is 302 g/mol. The van der Waals surface area contributed by atoms with Crippen molar-refractivity contribution in [1.29, 1.82) is 0 Å². The summed E-state index contributed by atoms with van der Waals surface area (Å²) >= 11 is 0. The lowest BCUT2D eigenvalue weighted by Crippen LogP contribution is -2.10. The summed E-state index contributed by atoms with van der Waals surface area (Å²) in [6.45, 7) is 0.591. The number of primary amides is 1. The van der Waals surface area contributed by atoms with Crippen LogP contribution >= 0.6 is 0 Å². The zero-order valence-electron chi connectivity index (χ0n) is 12.2. The van der Waals surface area contributed by atoms with Crippen LogP contribution in [0.15, 0.2) is 36.5 Å². The van der Waals surface area contributed by atoms with Crippen molar-refractivity contribution in [2.45, 2.75) is 6.42 Å². The summed E-state index contributed by atoms with van der Waals surface area (Å²) in [5.41, 5.74) is 13.4. The minimum Gasteiger partial charge on any atom is -0.478 e. The number of amides is 1. The fourth-order valence-corrected chi connectivity index (χ4v) is 1.84. The summed E-state index contributed by atoms with van der Waals surface area (Å²) < 4.78 is 0. The maximum Gasteiger partial charge on any atom is 0.328 e. The Balaban J connectivity index is 0.000000284. The molecule has 1 heterocycles. The van der Waals surface area contributed by atoms with E-state index in [0.29, 0.717) is 24.3 Å². The highest BCUT2D eigenvalue weighted by Crippen LogP contribution is 2.19. The van der Waals surface area contributed by atoms with Gasteiger partial charge in [0.15, 0.2) is 0 Å². The number of benzene rings is 1. The van der Waals surface area contributed by atoms with E-state index in [0.717, 1.165) is 22.9 Å². The van der Waals surface area contributed by atoms with E-state index in [1.54, 1.807) is 12.1 Å². The van der Waals surface area contributed by atoms with Gasteiger partial charge in [0.2, 0.25) is 5.91 Å². The van der Waals surface area contributed by atoms with Crippen molar-refractivity contribution in [3.63, 3.8) is 0 Å². The highest BCUT2D eigenvalue weighted by Gasteiger charge is 2.06. The first-order valence-electron chi connectivity index (χ1n) is 6.59. The molecule has 0 atom stereocenters. The van der Waals surface area contributed by atoms with Crippen LogP contribution in [-0.2, 0) is 16.0 Å². The van der Waals surface area contributed by atoms with E-state index in [1.165, 1.54) is 0 Å². The number of carbonyl (C=O) groups excluding carboxylic acids is 1. The fraction of sp³-hybridized carbons (Fsp3) is 0.133. The highest BCUT2D eigenvalue weighted by atomic mass is 16.4. The van der Waals surface area contributed by atoms with Gasteiger partial charge in [-0.05, 0) is 36.7 Å². The molecular formula is C15H17N3O5. The van der Waals surface area contributed by atoms with Crippen molar-refractivity contribution < 1.29 is 24.6 Å². The largest absolute Gasteiger partial charge is 0.478 e. The van der Waals surface area contributed by atoms with Crippen molar-refractivity contribution in [2.75, 3.05) is 6.54 Å². The van der Waals surface area contributed by atoms with Crippen LogP contribution in [0.2, 0.25) is 0 Å². The van der Waals surface area contributed by atoms with Gasteiger partial charge in [0.1, 0.15) is 0 Å². The number of fused-ring (bicyclic) bond motifs is 1. The van der Waals surface area contributed by atoms with E-state index in [4.69, 9.17) is 21.7 Å². The fourth-order valence-electron chi connectivity index (χ4n) is 1.84. The summed E-state index contributed by atoms with van der Waals surface area (Å²) in [6, 6.07) is 5.38. The number of rotatable bonds is 5. The van der Waals surface area contributed by atoms with Crippen LogP contribution in [0.4, 0.5) is 0 Å². The monoisotopic (exact) mass is 319 g/mol. The van der Waals surface area contributed by atoms with Gasteiger partial charge in [0.05, 0.1) is 0 Å². The minimum atomic E-state index is -1.26. The predicted molar refractivity (Wildman–Crippen MR) is 84.0 cm³/mol. The van der Waals surface area contributed by atoms with E-state index >= 15 is 0 Å². The van der Waals surface area contributed by atoms with Crippen molar-refractivity contribution >= 4 is 28.7 Å². The van der Waals surface area contributed by atoms with Crippen LogP contribution in [0.3, 0.4) is 0 Å². The van der Waals surface area contributed by atoms with Crippen molar-refractivity contribution in [3.8, 4) is 0 Å². The number of aliphatic carboxylic acids is 2. The molecule has 7 N–H and O–H groups in total. The molecule has 0 aliphatic rings. The van der Waals surface area contributed by atoms with E-state index in [9.17, 15) is 14.4 Å². The Bertz CT molecular complexity index is 733. The molecule has 122 valence electrons. The van der Waals surface area contributed by atoms with Gasteiger partial charge in [-0.25, -0.2) is 9.59 Å². The van der Waals surface area contributed by atoms with Crippen molar-refractivity contribution in [2.24, 2.45) is 11.5 Å².